The van der Waals surface area contributed by atoms with Crippen LogP contribution in [0.2, 0.25) is 5.02 Å². The Bertz CT molecular complexity index is 286. The van der Waals surface area contributed by atoms with Gasteiger partial charge < -0.3 is 0 Å². The number of aryl methyl sites for hydroxylation is 1. The minimum absolute atomic E-state index is 0.521. The molecule has 64 valence electrons. The molecule has 0 saturated carbocycles. The number of hydrogen-bond donors (Lipinski definition) is 0. The highest BCUT2D eigenvalue weighted by Gasteiger charge is 1.96. The van der Waals surface area contributed by atoms with Gasteiger partial charge in [0.25, 0.3) is 0 Å². The van der Waals surface area contributed by atoms with Crippen molar-refractivity contribution >= 4 is 11.6 Å². The third-order valence-corrected chi connectivity index (χ3v) is 1.57. The van der Waals surface area contributed by atoms with E-state index >= 15 is 0 Å². The van der Waals surface area contributed by atoms with E-state index in [2.05, 4.69) is 0 Å². The summed E-state index contributed by atoms with van der Waals surface area (Å²) in [6, 6.07) is 7.38. The van der Waals surface area contributed by atoms with Crippen molar-refractivity contribution in [1.82, 2.24) is 0 Å². The van der Waals surface area contributed by atoms with Gasteiger partial charge in [-0.3, -0.25) is 0 Å². The van der Waals surface area contributed by atoms with Crippen LogP contribution in [-0.4, -0.2) is 0 Å². The first kappa shape index (κ1) is 11.0. The van der Waals surface area contributed by atoms with Crippen LogP contribution in [0.5, 0.6) is 0 Å². The largest absolute Gasteiger partial charge is 0.192 e. The molecule has 1 rings (SSSR count). The summed E-state index contributed by atoms with van der Waals surface area (Å²) < 4.78 is 0. The highest BCUT2D eigenvalue weighted by atomic mass is 35.5. The SMILES string of the molecule is CC.Cc1ccc(Cl)c(C#N)c1. The van der Waals surface area contributed by atoms with Crippen LogP contribution >= 0.6 is 11.6 Å². The van der Waals surface area contributed by atoms with Crippen molar-refractivity contribution in [2.24, 2.45) is 0 Å². The van der Waals surface area contributed by atoms with Gasteiger partial charge in [-0.25, -0.2) is 0 Å². The average molecular weight is 182 g/mol. The molecule has 2 heteroatoms. The summed E-state index contributed by atoms with van der Waals surface area (Å²) in [5.41, 5.74) is 1.60. The minimum Gasteiger partial charge on any atom is -0.192 e. The van der Waals surface area contributed by atoms with Gasteiger partial charge in [-0.1, -0.05) is 31.5 Å². The van der Waals surface area contributed by atoms with Gasteiger partial charge in [-0.2, -0.15) is 5.26 Å². The molecule has 0 atom stereocenters. The Kier molecular flexibility index (Phi) is 5.16. The maximum Gasteiger partial charge on any atom is 0.101 e. The second-order valence-electron chi connectivity index (χ2n) is 2.10. The topological polar surface area (TPSA) is 23.8 Å². The number of hydrogen-bond acceptors (Lipinski definition) is 1. The third kappa shape index (κ3) is 2.94. The molecule has 1 aromatic carbocycles. The summed E-state index contributed by atoms with van der Waals surface area (Å²) in [4.78, 5) is 0. The van der Waals surface area contributed by atoms with Crippen molar-refractivity contribution in [2.75, 3.05) is 0 Å². The number of benzene rings is 1. The molecule has 0 radical (unpaired) electrons. The maximum absolute atomic E-state index is 8.51. The van der Waals surface area contributed by atoms with Crippen molar-refractivity contribution in [3.8, 4) is 6.07 Å². The fourth-order valence-corrected chi connectivity index (χ4v) is 0.885. The number of rotatable bonds is 0. The van der Waals surface area contributed by atoms with E-state index in [1.165, 1.54) is 0 Å². The molecule has 0 aliphatic heterocycles. The standard InChI is InChI=1S/C8H6ClN.C2H6/c1-6-2-3-8(9)7(4-6)5-10;1-2/h2-4H,1H3;1-2H3. The average Bonchev–Trinajstić information content (AvgIpc) is 2.13. The van der Waals surface area contributed by atoms with Crippen molar-refractivity contribution in [3.05, 3.63) is 34.3 Å². The highest BCUT2D eigenvalue weighted by Crippen LogP contribution is 2.15. The molecule has 0 amide bonds. The fourth-order valence-electron chi connectivity index (χ4n) is 0.725. The molecular weight excluding hydrogens is 170 g/mol. The zero-order chi connectivity index (χ0) is 9.56. The molecule has 0 spiro atoms. The fraction of sp³-hybridized carbons (Fsp3) is 0.300. The number of halogens is 1. The lowest BCUT2D eigenvalue weighted by Crippen LogP contribution is -1.77. The van der Waals surface area contributed by atoms with Crippen LogP contribution in [0.25, 0.3) is 0 Å². The van der Waals surface area contributed by atoms with Gasteiger partial charge in [0.05, 0.1) is 10.6 Å². The Morgan fingerprint density at radius 2 is 1.92 bits per heavy atom. The summed E-state index contributed by atoms with van der Waals surface area (Å²) in [5, 5.41) is 9.03. The normalized spacial score (nSPS) is 7.92. The van der Waals surface area contributed by atoms with Crippen molar-refractivity contribution < 1.29 is 0 Å². The first-order valence-electron chi connectivity index (χ1n) is 3.90. The van der Waals surface area contributed by atoms with Crippen LogP contribution < -0.4 is 0 Å². The molecule has 0 aliphatic carbocycles. The van der Waals surface area contributed by atoms with E-state index in [9.17, 15) is 0 Å². The number of nitriles is 1. The van der Waals surface area contributed by atoms with E-state index in [1.807, 2.05) is 32.9 Å². The molecule has 0 bridgehead atoms. The molecule has 0 heterocycles. The van der Waals surface area contributed by atoms with Gasteiger partial charge in [0.1, 0.15) is 6.07 Å². The summed E-state index contributed by atoms with van der Waals surface area (Å²) >= 11 is 5.67. The van der Waals surface area contributed by atoms with E-state index in [0.717, 1.165) is 5.56 Å². The Hall–Kier alpha value is -1.00. The molecule has 0 fully saturated rings. The quantitative estimate of drug-likeness (QED) is 0.601. The van der Waals surface area contributed by atoms with Crippen LogP contribution in [-0.2, 0) is 0 Å². The van der Waals surface area contributed by atoms with Crippen LogP contribution in [0.3, 0.4) is 0 Å². The zero-order valence-electron chi connectivity index (χ0n) is 7.56. The summed E-state index contributed by atoms with van der Waals surface area (Å²) in [6.07, 6.45) is 0. The monoisotopic (exact) mass is 181 g/mol. The molecule has 0 aromatic heterocycles. The van der Waals surface area contributed by atoms with Gasteiger partial charge >= 0.3 is 0 Å². The molecular formula is C10H12ClN. The van der Waals surface area contributed by atoms with Crippen LogP contribution in [0.15, 0.2) is 18.2 Å². The molecule has 0 saturated heterocycles. The lowest BCUT2D eigenvalue weighted by Gasteiger charge is -1.94. The van der Waals surface area contributed by atoms with Gasteiger partial charge in [-0.05, 0) is 24.6 Å². The summed E-state index contributed by atoms with van der Waals surface area (Å²) in [6.45, 7) is 5.93. The molecule has 1 nitrogen and oxygen atoms in total. The molecule has 0 N–H and O–H groups in total. The second kappa shape index (κ2) is 5.62. The van der Waals surface area contributed by atoms with E-state index in [0.29, 0.717) is 10.6 Å². The minimum atomic E-state index is 0.521. The van der Waals surface area contributed by atoms with Gasteiger partial charge in [0.15, 0.2) is 0 Å². The second-order valence-corrected chi connectivity index (χ2v) is 2.50. The van der Waals surface area contributed by atoms with E-state index in [-0.39, 0.29) is 0 Å². The lowest BCUT2D eigenvalue weighted by atomic mass is 10.2. The molecule has 12 heavy (non-hydrogen) atoms. The molecule has 0 aliphatic rings. The van der Waals surface area contributed by atoms with Crippen molar-refractivity contribution in [1.29, 1.82) is 5.26 Å². The first-order chi connectivity index (χ1) is 5.74. The molecule has 0 unspecified atom stereocenters. The van der Waals surface area contributed by atoms with Gasteiger partial charge in [0.2, 0.25) is 0 Å². The van der Waals surface area contributed by atoms with E-state index < -0.39 is 0 Å². The summed E-state index contributed by atoms with van der Waals surface area (Å²) in [7, 11) is 0. The predicted octanol–water partition coefficient (Wildman–Crippen LogP) is 3.55. The van der Waals surface area contributed by atoms with E-state index in [4.69, 9.17) is 16.9 Å². The summed E-state index contributed by atoms with van der Waals surface area (Å²) in [5.74, 6) is 0. The molecule has 1 aromatic rings. The van der Waals surface area contributed by atoms with Gasteiger partial charge in [-0.15, -0.1) is 0 Å². The van der Waals surface area contributed by atoms with Crippen molar-refractivity contribution in [2.45, 2.75) is 20.8 Å². The maximum atomic E-state index is 8.51. The van der Waals surface area contributed by atoms with Crippen LogP contribution in [0, 0.1) is 18.3 Å². The smallest absolute Gasteiger partial charge is 0.101 e. The van der Waals surface area contributed by atoms with Crippen LogP contribution in [0.4, 0.5) is 0 Å². The van der Waals surface area contributed by atoms with Gasteiger partial charge in [0, 0.05) is 0 Å². The third-order valence-electron chi connectivity index (χ3n) is 1.24. The van der Waals surface area contributed by atoms with Crippen LogP contribution in [0.1, 0.15) is 25.0 Å². The number of nitrogens with zero attached hydrogens (tertiary/aromatic N) is 1. The van der Waals surface area contributed by atoms with E-state index in [1.54, 1.807) is 12.1 Å². The van der Waals surface area contributed by atoms with Crippen molar-refractivity contribution in [3.63, 3.8) is 0 Å². The Morgan fingerprint density at radius 1 is 1.33 bits per heavy atom. The predicted molar refractivity (Wildman–Crippen MR) is 52.3 cm³/mol. The lowest BCUT2D eigenvalue weighted by molar-refractivity contribution is 1.42. The Balaban J connectivity index is 0.000000561. The Morgan fingerprint density at radius 3 is 2.33 bits per heavy atom. The Labute approximate surface area is 78.6 Å². The first-order valence-corrected chi connectivity index (χ1v) is 4.28. The highest BCUT2D eigenvalue weighted by molar-refractivity contribution is 6.31. The zero-order valence-corrected chi connectivity index (χ0v) is 8.31.